The molecule has 0 atom stereocenters. The van der Waals surface area contributed by atoms with Gasteiger partial charge in [-0.3, -0.25) is 0 Å². The van der Waals surface area contributed by atoms with Crippen molar-refractivity contribution in [3.63, 3.8) is 0 Å². The molecule has 1 aromatic heterocycles. The maximum atomic E-state index is 13.7. The third-order valence-electron chi connectivity index (χ3n) is 3.70. The molecule has 2 nitrogen and oxygen atoms in total. The number of hydrogen-bond acceptors (Lipinski definition) is 2. The minimum absolute atomic E-state index is 0.0150. The number of rotatable bonds is 3. The molecule has 118 valence electrons. The van der Waals surface area contributed by atoms with Crippen molar-refractivity contribution in [2.24, 2.45) is 0 Å². The van der Waals surface area contributed by atoms with E-state index in [1.807, 2.05) is 6.92 Å². The summed E-state index contributed by atoms with van der Waals surface area (Å²) in [5, 5.41) is 10.4. The standard InChI is InChI=1S/C17H11Cl2FO2S/c1-8-11(5-10-6-15(20)14(19)7-13(10)18)12-4-9(17(21)22)2-3-16(12)23-8/h2-4,6-7H,5H2,1H3,(H,21,22). The van der Waals surface area contributed by atoms with Gasteiger partial charge in [-0.15, -0.1) is 11.3 Å². The molecule has 0 spiro atoms. The third-order valence-corrected chi connectivity index (χ3v) is 5.47. The molecule has 0 fully saturated rings. The number of carboxylic acid groups (broad SMARTS) is 1. The first-order valence-electron chi connectivity index (χ1n) is 6.75. The summed E-state index contributed by atoms with van der Waals surface area (Å²) < 4.78 is 14.7. The maximum absolute atomic E-state index is 13.7. The summed E-state index contributed by atoms with van der Waals surface area (Å²) in [5.74, 6) is -1.49. The fraction of sp³-hybridized carbons (Fsp3) is 0.118. The van der Waals surface area contributed by atoms with Crippen LogP contribution in [0.3, 0.4) is 0 Å². The highest BCUT2D eigenvalue weighted by Crippen LogP contribution is 2.35. The van der Waals surface area contributed by atoms with Crippen molar-refractivity contribution >= 4 is 50.6 Å². The first kappa shape index (κ1) is 16.2. The Morgan fingerprint density at radius 1 is 1.22 bits per heavy atom. The summed E-state index contributed by atoms with van der Waals surface area (Å²) in [6.07, 6.45) is 0.418. The Hall–Kier alpha value is -1.62. The molecular formula is C17H11Cl2FO2S. The van der Waals surface area contributed by atoms with Crippen LogP contribution in [-0.4, -0.2) is 11.1 Å². The number of hydrogen-bond donors (Lipinski definition) is 1. The van der Waals surface area contributed by atoms with Crippen molar-refractivity contribution in [2.75, 3.05) is 0 Å². The summed E-state index contributed by atoms with van der Waals surface area (Å²) in [4.78, 5) is 12.2. The van der Waals surface area contributed by atoms with E-state index in [4.69, 9.17) is 28.3 Å². The predicted molar refractivity (Wildman–Crippen MR) is 92.7 cm³/mol. The smallest absolute Gasteiger partial charge is 0.335 e. The minimum Gasteiger partial charge on any atom is -0.478 e. The van der Waals surface area contributed by atoms with Crippen molar-refractivity contribution < 1.29 is 14.3 Å². The lowest BCUT2D eigenvalue weighted by Gasteiger charge is -2.07. The molecule has 0 aliphatic rings. The second-order valence-electron chi connectivity index (χ2n) is 5.19. The van der Waals surface area contributed by atoms with E-state index in [1.54, 1.807) is 29.5 Å². The Morgan fingerprint density at radius 3 is 2.65 bits per heavy atom. The van der Waals surface area contributed by atoms with Gasteiger partial charge in [0.05, 0.1) is 10.6 Å². The molecule has 0 aliphatic carbocycles. The number of halogens is 3. The fourth-order valence-electron chi connectivity index (χ4n) is 2.51. The Kier molecular flexibility index (Phi) is 4.32. The lowest BCUT2D eigenvalue weighted by atomic mass is 10.0. The van der Waals surface area contributed by atoms with Crippen LogP contribution in [0, 0.1) is 12.7 Å². The van der Waals surface area contributed by atoms with Crippen LogP contribution in [0.4, 0.5) is 4.39 Å². The zero-order valence-corrected chi connectivity index (χ0v) is 14.3. The predicted octanol–water partition coefficient (Wildman–Crippen LogP) is 5.94. The van der Waals surface area contributed by atoms with Crippen LogP contribution in [0.25, 0.3) is 10.1 Å². The topological polar surface area (TPSA) is 37.3 Å². The van der Waals surface area contributed by atoms with Crippen LogP contribution in [0.2, 0.25) is 10.0 Å². The Bertz CT molecular complexity index is 934. The molecule has 6 heteroatoms. The molecule has 0 saturated carbocycles. The van der Waals surface area contributed by atoms with Crippen molar-refractivity contribution in [2.45, 2.75) is 13.3 Å². The minimum atomic E-state index is -0.975. The summed E-state index contributed by atoms with van der Waals surface area (Å²) >= 11 is 13.5. The van der Waals surface area contributed by atoms with Gasteiger partial charge in [0.2, 0.25) is 0 Å². The third kappa shape index (κ3) is 3.07. The van der Waals surface area contributed by atoms with Gasteiger partial charge in [0, 0.05) is 21.0 Å². The Labute approximate surface area is 146 Å². The van der Waals surface area contributed by atoms with Gasteiger partial charge in [0.1, 0.15) is 5.82 Å². The number of fused-ring (bicyclic) bond motifs is 1. The molecule has 0 radical (unpaired) electrons. The molecule has 23 heavy (non-hydrogen) atoms. The van der Waals surface area contributed by atoms with E-state index < -0.39 is 11.8 Å². The van der Waals surface area contributed by atoms with Gasteiger partial charge in [0.25, 0.3) is 0 Å². The lowest BCUT2D eigenvalue weighted by Crippen LogP contribution is -1.96. The molecular weight excluding hydrogens is 358 g/mol. The van der Waals surface area contributed by atoms with Crippen LogP contribution >= 0.6 is 34.5 Å². The van der Waals surface area contributed by atoms with Gasteiger partial charge in [-0.1, -0.05) is 23.2 Å². The van der Waals surface area contributed by atoms with E-state index in [0.29, 0.717) is 17.0 Å². The summed E-state index contributed by atoms with van der Waals surface area (Å²) in [5.41, 5.74) is 1.80. The first-order valence-corrected chi connectivity index (χ1v) is 8.33. The van der Waals surface area contributed by atoms with E-state index in [1.165, 1.54) is 12.1 Å². The van der Waals surface area contributed by atoms with Crippen LogP contribution in [-0.2, 0) is 6.42 Å². The highest BCUT2D eigenvalue weighted by Gasteiger charge is 2.15. The van der Waals surface area contributed by atoms with Gasteiger partial charge in [-0.2, -0.15) is 0 Å². The van der Waals surface area contributed by atoms with E-state index in [9.17, 15) is 9.18 Å². The second kappa shape index (κ2) is 6.11. The molecule has 0 amide bonds. The quantitative estimate of drug-likeness (QED) is 0.580. The van der Waals surface area contributed by atoms with E-state index in [2.05, 4.69) is 0 Å². The van der Waals surface area contributed by atoms with Crippen LogP contribution in [0.1, 0.15) is 26.4 Å². The molecule has 3 aromatic rings. The Morgan fingerprint density at radius 2 is 1.96 bits per heavy atom. The van der Waals surface area contributed by atoms with Gasteiger partial charge >= 0.3 is 5.97 Å². The molecule has 2 aromatic carbocycles. The molecule has 0 aliphatic heterocycles. The van der Waals surface area contributed by atoms with E-state index >= 15 is 0 Å². The largest absolute Gasteiger partial charge is 0.478 e. The molecule has 0 unspecified atom stereocenters. The number of benzene rings is 2. The normalized spacial score (nSPS) is 11.1. The van der Waals surface area contributed by atoms with Crippen molar-refractivity contribution in [1.82, 2.24) is 0 Å². The van der Waals surface area contributed by atoms with Crippen molar-refractivity contribution in [1.29, 1.82) is 0 Å². The van der Waals surface area contributed by atoms with Crippen LogP contribution in [0.15, 0.2) is 30.3 Å². The SMILES string of the molecule is Cc1sc2ccc(C(=O)O)cc2c1Cc1cc(F)c(Cl)cc1Cl. The lowest BCUT2D eigenvalue weighted by molar-refractivity contribution is 0.0697. The van der Waals surface area contributed by atoms with Crippen molar-refractivity contribution in [3.8, 4) is 0 Å². The average molecular weight is 369 g/mol. The van der Waals surface area contributed by atoms with Gasteiger partial charge in [-0.05, 0) is 53.8 Å². The molecule has 3 rings (SSSR count). The molecule has 1 heterocycles. The number of aryl methyl sites for hydroxylation is 1. The number of thiophene rings is 1. The second-order valence-corrected chi connectivity index (χ2v) is 7.26. The molecule has 0 saturated heterocycles. The monoisotopic (exact) mass is 368 g/mol. The summed E-state index contributed by atoms with van der Waals surface area (Å²) in [6, 6.07) is 7.75. The average Bonchev–Trinajstić information content (AvgIpc) is 2.80. The molecule has 1 N–H and O–H groups in total. The highest BCUT2D eigenvalue weighted by atomic mass is 35.5. The van der Waals surface area contributed by atoms with Crippen LogP contribution < -0.4 is 0 Å². The summed E-state index contributed by atoms with van der Waals surface area (Å²) in [7, 11) is 0. The zero-order valence-electron chi connectivity index (χ0n) is 12.0. The zero-order chi connectivity index (χ0) is 16.7. The van der Waals surface area contributed by atoms with Crippen molar-refractivity contribution in [3.05, 3.63) is 67.8 Å². The maximum Gasteiger partial charge on any atom is 0.335 e. The van der Waals surface area contributed by atoms with Gasteiger partial charge in [0.15, 0.2) is 0 Å². The van der Waals surface area contributed by atoms with Crippen LogP contribution in [0.5, 0.6) is 0 Å². The van der Waals surface area contributed by atoms with Gasteiger partial charge in [-0.25, -0.2) is 9.18 Å². The van der Waals surface area contributed by atoms with E-state index in [-0.39, 0.29) is 10.6 Å². The highest BCUT2D eigenvalue weighted by molar-refractivity contribution is 7.19. The summed E-state index contributed by atoms with van der Waals surface area (Å²) in [6.45, 7) is 1.96. The molecule has 0 bridgehead atoms. The van der Waals surface area contributed by atoms with Gasteiger partial charge < -0.3 is 5.11 Å². The number of carboxylic acids is 1. The first-order chi connectivity index (χ1) is 10.9. The Balaban J connectivity index is 2.12. The number of carbonyl (C=O) groups is 1. The number of aromatic carboxylic acids is 1. The van der Waals surface area contributed by atoms with E-state index in [0.717, 1.165) is 20.5 Å². The fourth-order valence-corrected chi connectivity index (χ4v) is 4.03.